The molecule has 10 heavy (non-hydrogen) atoms. The molecule has 3 heteroatoms. The number of hydrogen-bond donors (Lipinski definition) is 2. The van der Waals surface area contributed by atoms with Crippen LogP contribution in [-0.4, -0.2) is 10.2 Å². The van der Waals surface area contributed by atoms with Crippen molar-refractivity contribution in [3.63, 3.8) is 0 Å². The Kier molecular flexibility index (Phi) is 5.23. The molecule has 1 aromatic heterocycles. The third-order valence-corrected chi connectivity index (χ3v) is 0.897. The summed E-state index contributed by atoms with van der Waals surface area (Å²) in [5, 5.41) is 6.50. The molecule has 3 nitrogen and oxygen atoms in total. The van der Waals surface area contributed by atoms with Gasteiger partial charge >= 0.3 is 0 Å². The Morgan fingerprint density at radius 2 is 2.20 bits per heavy atom. The molecule has 3 N–H and O–H groups in total. The molecule has 0 spiro atoms. The first-order valence-corrected chi connectivity index (χ1v) is 2.73. The predicted octanol–water partition coefficient (Wildman–Crippen LogP) is 1.06. The average Bonchev–Trinajstić information content (AvgIpc) is 2.10. The lowest BCUT2D eigenvalue weighted by Gasteiger charge is -1.84. The van der Waals surface area contributed by atoms with Gasteiger partial charge in [0.05, 0.1) is 5.69 Å². The van der Waals surface area contributed by atoms with E-state index in [2.05, 4.69) is 17.5 Å². The van der Waals surface area contributed by atoms with E-state index in [1.54, 1.807) is 12.3 Å². The van der Waals surface area contributed by atoms with E-state index in [9.17, 15) is 0 Å². The molecule has 0 radical (unpaired) electrons. The van der Waals surface area contributed by atoms with Gasteiger partial charge in [-0.05, 0) is 18.2 Å². The van der Waals surface area contributed by atoms with Crippen LogP contribution in [0.5, 0.6) is 0 Å². The lowest BCUT2D eigenvalue weighted by Crippen LogP contribution is -1.73. The molecule has 0 aliphatic carbocycles. The molecule has 0 saturated heterocycles. The summed E-state index contributed by atoms with van der Waals surface area (Å²) in [5.41, 5.74) is 0.924. The summed E-state index contributed by atoms with van der Waals surface area (Å²) in [4.78, 5) is 3.98. The highest BCUT2D eigenvalue weighted by atomic mass is 16.4. The van der Waals surface area contributed by atoms with Gasteiger partial charge in [0, 0.05) is 6.20 Å². The van der Waals surface area contributed by atoms with E-state index in [-0.39, 0.29) is 0 Å². The molecule has 0 saturated carbocycles. The van der Waals surface area contributed by atoms with Crippen LogP contribution in [-0.2, 0) is 0 Å². The highest BCUT2D eigenvalue weighted by Gasteiger charge is 1.77. The van der Waals surface area contributed by atoms with Gasteiger partial charge in [-0.3, -0.25) is 4.98 Å². The number of aromatic nitrogens is 1. The van der Waals surface area contributed by atoms with Crippen LogP contribution in [0.2, 0.25) is 0 Å². The van der Waals surface area contributed by atoms with Gasteiger partial charge in [-0.1, -0.05) is 12.6 Å². The van der Waals surface area contributed by atoms with Crippen molar-refractivity contribution in [2.75, 3.05) is 0 Å². The first-order valence-electron chi connectivity index (χ1n) is 2.73. The van der Waals surface area contributed by atoms with Gasteiger partial charge in [0.1, 0.15) is 0 Å². The van der Waals surface area contributed by atoms with Crippen molar-refractivity contribution in [2.24, 2.45) is 5.90 Å². The summed E-state index contributed by atoms with van der Waals surface area (Å²) in [6, 6.07) is 5.73. The molecule has 0 aliphatic heterocycles. The van der Waals surface area contributed by atoms with E-state index in [4.69, 9.17) is 5.21 Å². The summed E-state index contributed by atoms with van der Waals surface area (Å²) < 4.78 is 0. The van der Waals surface area contributed by atoms with Crippen molar-refractivity contribution in [1.29, 1.82) is 0 Å². The zero-order valence-electron chi connectivity index (χ0n) is 5.57. The maximum Gasteiger partial charge on any atom is 0.0623 e. The fourth-order valence-electron chi connectivity index (χ4n) is 0.497. The lowest BCUT2D eigenvalue weighted by molar-refractivity contribution is 0.311. The molecular weight excluding hydrogens is 128 g/mol. The molecule has 0 aliphatic rings. The van der Waals surface area contributed by atoms with E-state index >= 15 is 0 Å². The standard InChI is InChI=1S/C7H7N.H3NO/c1-2-7-5-3-4-6-8-7;1-2/h2-6H,1H2;2H,1H2. The quantitative estimate of drug-likeness (QED) is 0.570. The Morgan fingerprint density at radius 3 is 2.50 bits per heavy atom. The first kappa shape index (κ1) is 8.81. The van der Waals surface area contributed by atoms with Gasteiger partial charge in [-0.2, -0.15) is 0 Å². The van der Waals surface area contributed by atoms with E-state index in [1.807, 2.05) is 18.2 Å². The summed E-state index contributed by atoms with van der Waals surface area (Å²) in [6.07, 6.45) is 3.47. The van der Waals surface area contributed by atoms with Gasteiger partial charge < -0.3 is 5.21 Å². The number of rotatable bonds is 1. The molecule has 1 rings (SSSR count). The molecule has 0 bridgehead atoms. The van der Waals surface area contributed by atoms with Crippen molar-refractivity contribution in [2.45, 2.75) is 0 Å². The number of nitrogens with zero attached hydrogens (tertiary/aromatic N) is 1. The predicted molar refractivity (Wildman–Crippen MR) is 40.3 cm³/mol. The Morgan fingerprint density at radius 1 is 1.50 bits per heavy atom. The van der Waals surface area contributed by atoms with Crippen LogP contribution in [0.15, 0.2) is 31.0 Å². The van der Waals surface area contributed by atoms with E-state index in [0.717, 1.165) is 5.69 Å². The monoisotopic (exact) mass is 138 g/mol. The fraction of sp³-hybridized carbons (Fsp3) is 0. The lowest BCUT2D eigenvalue weighted by atomic mass is 10.4. The van der Waals surface area contributed by atoms with Crippen molar-refractivity contribution in [3.8, 4) is 0 Å². The van der Waals surface area contributed by atoms with Crippen LogP contribution in [0.1, 0.15) is 5.69 Å². The number of pyridine rings is 1. The summed E-state index contributed by atoms with van der Waals surface area (Å²) in [5.74, 6) is 3.50. The van der Waals surface area contributed by atoms with Crippen molar-refractivity contribution >= 4 is 6.08 Å². The third-order valence-electron chi connectivity index (χ3n) is 0.897. The highest BCUT2D eigenvalue weighted by Crippen LogP contribution is 1.91. The van der Waals surface area contributed by atoms with Crippen LogP contribution < -0.4 is 5.90 Å². The van der Waals surface area contributed by atoms with E-state index in [1.165, 1.54) is 0 Å². The normalized spacial score (nSPS) is 7.40. The van der Waals surface area contributed by atoms with Crippen LogP contribution in [0.25, 0.3) is 6.08 Å². The molecule has 0 fully saturated rings. The van der Waals surface area contributed by atoms with Crippen molar-refractivity contribution < 1.29 is 5.21 Å². The van der Waals surface area contributed by atoms with E-state index < -0.39 is 0 Å². The maximum atomic E-state index is 6.50. The molecule has 0 amide bonds. The zero-order valence-corrected chi connectivity index (χ0v) is 5.57. The van der Waals surface area contributed by atoms with Crippen LogP contribution >= 0.6 is 0 Å². The average molecular weight is 138 g/mol. The van der Waals surface area contributed by atoms with Crippen molar-refractivity contribution in [3.05, 3.63) is 36.7 Å². The SMILES string of the molecule is C=Cc1ccccn1.NO. The molecular formula is C7H10N2O. The van der Waals surface area contributed by atoms with Crippen LogP contribution in [0, 0.1) is 0 Å². The summed E-state index contributed by atoms with van der Waals surface area (Å²) in [6.45, 7) is 3.57. The minimum Gasteiger partial charge on any atom is -0.320 e. The van der Waals surface area contributed by atoms with Gasteiger partial charge in [0.25, 0.3) is 0 Å². The largest absolute Gasteiger partial charge is 0.320 e. The van der Waals surface area contributed by atoms with Crippen LogP contribution in [0.3, 0.4) is 0 Å². The third kappa shape index (κ3) is 2.96. The minimum absolute atomic E-state index is 0.924. The molecule has 1 heterocycles. The zero-order chi connectivity index (χ0) is 7.82. The topological polar surface area (TPSA) is 59.1 Å². The maximum absolute atomic E-state index is 6.50. The van der Waals surface area contributed by atoms with Gasteiger partial charge in [-0.15, -0.1) is 0 Å². The number of nitrogens with two attached hydrogens (primary N) is 1. The van der Waals surface area contributed by atoms with Gasteiger partial charge in [-0.25, -0.2) is 5.90 Å². The highest BCUT2D eigenvalue weighted by molar-refractivity contribution is 5.40. The summed E-state index contributed by atoms with van der Waals surface area (Å²) >= 11 is 0. The second kappa shape index (κ2) is 5.94. The molecule has 0 unspecified atom stereocenters. The second-order valence-corrected chi connectivity index (χ2v) is 1.46. The number of hydrogen-bond acceptors (Lipinski definition) is 3. The minimum atomic E-state index is 0.924. The Balaban J connectivity index is 0.000000371. The molecule has 0 aromatic carbocycles. The molecule has 0 atom stereocenters. The summed E-state index contributed by atoms with van der Waals surface area (Å²) in [7, 11) is 0. The van der Waals surface area contributed by atoms with E-state index in [0.29, 0.717) is 0 Å². The fourth-order valence-corrected chi connectivity index (χ4v) is 0.497. The Labute approximate surface area is 59.8 Å². The second-order valence-electron chi connectivity index (χ2n) is 1.46. The smallest absolute Gasteiger partial charge is 0.0623 e. The van der Waals surface area contributed by atoms with Crippen LogP contribution in [0.4, 0.5) is 0 Å². The molecule has 1 aromatic rings. The van der Waals surface area contributed by atoms with Crippen molar-refractivity contribution in [1.82, 2.24) is 4.98 Å². The van der Waals surface area contributed by atoms with Gasteiger partial charge in [0.15, 0.2) is 0 Å². The van der Waals surface area contributed by atoms with Gasteiger partial charge in [0.2, 0.25) is 0 Å². The Hall–Kier alpha value is -1.19. The Bertz CT molecular complexity index is 174. The molecule has 54 valence electrons. The first-order chi connectivity index (χ1) is 4.93.